The predicted octanol–water partition coefficient (Wildman–Crippen LogP) is 0.645. The van der Waals surface area contributed by atoms with E-state index in [1.807, 2.05) is 24.3 Å². The molecule has 0 radical (unpaired) electrons. The molecule has 2 aromatic rings. The Kier molecular flexibility index (Phi) is 3.62. The zero-order valence-corrected chi connectivity index (χ0v) is 13.1. The minimum atomic E-state index is -3.68. The SMILES string of the molecule is O=S(=O)(N[C@@H]1CO[C@@H]2[C@@H]1OC[C@H]2O)c1ccc2ccccc2c1. The van der Waals surface area contributed by atoms with Gasteiger partial charge in [-0.1, -0.05) is 30.3 Å². The van der Waals surface area contributed by atoms with Crippen molar-refractivity contribution in [1.29, 1.82) is 0 Å². The van der Waals surface area contributed by atoms with Gasteiger partial charge in [-0.3, -0.25) is 0 Å². The summed E-state index contributed by atoms with van der Waals surface area (Å²) in [6.07, 6.45) is -1.60. The average Bonchev–Trinajstić information content (AvgIpc) is 3.11. The van der Waals surface area contributed by atoms with Gasteiger partial charge < -0.3 is 14.6 Å². The van der Waals surface area contributed by atoms with Crippen LogP contribution in [0.3, 0.4) is 0 Å². The molecule has 0 aromatic heterocycles. The Labute approximate surface area is 134 Å². The van der Waals surface area contributed by atoms with E-state index in [2.05, 4.69) is 4.72 Å². The molecular formula is C16H17NO5S. The van der Waals surface area contributed by atoms with Crippen molar-refractivity contribution in [2.75, 3.05) is 13.2 Å². The van der Waals surface area contributed by atoms with Crippen molar-refractivity contribution in [2.24, 2.45) is 0 Å². The minimum absolute atomic E-state index is 0.170. The Balaban J connectivity index is 1.60. The summed E-state index contributed by atoms with van der Waals surface area (Å²) in [5, 5.41) is 11.6. The van der Waals surface area contributed by atoms with Crippen LogP contribution in [-0.2, 0) is 19.5 Å². The molecule has 0 amide bonds. The fourth-order valence-electron chi connectivity index (χ4n) is 3.18. The Morgan fingerprint density at radius 3 is 2.57 bits per heavy atom. The predicted molar refractivity (Wildman–Crippen MR) is 83.5 cm³/mol. The van der Waals surface area contributed by atoms with Crippen LogP contribution in [0.15, 0.2) is 47.4 Å². The third kappa shape index (κ3) is 2.64. The van der Waals surface area contributed by atoms with E-state index in [-0.39, 0.29) is 18.1 Å². The van der Waals surface area contributed by atoms with E-state index in [0.717, 1.165) is 10.8 Å². The molecule has 0 bridgehead atoms. The molecule has 2 aliphatic rings. The maximum absolute atomic E-state index is 12.6. The van der Waals surface area contributed by atoms with Gasteiger partial charge in [0.05, 0.1) is 24.2 Å². The van der Waals surface area contributed by atoms with E-state index in [1.165, 1.54) is 0 Å². The summed E-state index contributed by atoms with van der Waals surface area (Å²) in [5.41, 5.74) is 0. The summed E-state index contributed by atoms with van der Waals surface area (Å²) in [6, 6.07) is 12.1. The van der Waals surface area contributed by atoms with Crippen molar-refractivity contribution in [3.05, 3.63) is 42.5 Å². The molecule has 2 N–H and O–H groups in total. The Morgan fingerprint density at radius 2 is 1.74 bits per heavy atom. The molecule has 6 nitrogen and oxygen atoms in total. The Bertz CT molecular complexity index is 837. The second kappa shape index (κ2) is 5.54. The number of aliphatic hydroxyl groups is 1. The maximum atomic E-state index is 12.6. The topological polar surface area (TPSA) is 84.9 Å². The smallest absolute Gasteiger partial charge is 0.241 e. The van der Waals surface area contributed by atoms with Crippen LogP contribution in [0.2, 0.25) is 0 Å². The first kappa shape index (κ1) is 15.0. The van der Waals surface area contributed by atoms with Crippen molar-refractivity contribution in [1.82, 2.24) is 4.72 Å². The number of nitrogens with one attached hydrogen (secondary N) is 1. The quantitative estimate of drug-likeness (QED) is 0.860. The van der Waals surface area contributed by atoms with Crippen LogP contribution < -0.4 is 4.72 Å². The zero-order chi connectivity index (χ0) is 16.0. The molecule has 0 spiro atoms. The highest BCUT2D eigenvalue weighted by Crippen LogP contribution is 2.28. The lowest BCUT2D eigenvalue weighted by molar-refractivity contribution is 0.0181. The molecule has 2 fully saturated rings. The number of ether oxygens (including phenoxy) is 2. The van der Waals surface area contributed by atoms with Crippen molar-refractivity contribution >= 4 is 20.8 Å². The normalized spacial score (nSPS) is 30.7. The molecular weight excluding hydrogens is 318 g/mol. The second-order valence-electron chi connectivity index (χ2n) is 5.90. The number of hydrogen-bond acceptors (Lipinski definition) is 5. The molecule has 0 aliphatic carbocycles. The molecule has 4 atom stereocenters. The van der Waals surface area contributed by atoms with Gasteiger partial charge in [-0.2, -0.15) is 0 Å². The van der Waals surface area contributed by atoms with Gasteiger partial charge in [-0.05, 0) is 22.9 Å². The van der Waals surface area contributed by atoms with Gasteiger partial charge in [0.2, 0.25) is 10.0 Å². The first-order chi connectivity index (χ1) is 11.0. The molecule has 2 saturated heterocycles. The van der Waals surface area contributed by atoms with Gasteiger partial charge in [-0.15, -0.1) is 0 Å². The summed E-state index contributed by atoms with van der Waals surface area (Å²) in [6.45, 7) is 0.364. The number of sulfonamides is 1. The Morgan fingerprint density at radius 1 is 1.00 bits per heavy atom. The first-order valence-corrected chi connectivity index (χ1v) is 8.95. The summed E-state index contributed by atoms with van der Waals surface area (Å²) in [4.78, 5) is 0.207. The summed E-state index contributed by atoms with van der Waals surface area (Å²) >= 11 is 0. The van der Waals surface area contributed by atoms with Gasteiger partial charge in [0.15, 0.2) is 0 Å². The van der Waals surface area contributed by atoms with Crippen LogP contribution in [0.5, 0.6) is 0 Å². The lowest BCUT2D eigenvalue weighted by Gasteiger charge is -2.17. The van der Waals surface area contributed by atoms with E-state index in [9.17, 15) is 13.5 Å². The largest absolute Gasteiger partial charge is 0.388 e. The highest BCUT2D eigenvalue weighted by Gasteiger charge is 2.48. The van der Waals surface area contributed by atoms with Crippen molar-refractivity contribution in [2.45, 2.75) is 29.2 Å². The van der Waals surface area contributed by atoms with Crippen molar-refractivity contribution < 1.29 is 23.0 Å². The standard InChI is InChI=1S/C16H17NO5S/c18-14-9-22-15-13(8-21-16(14)15)17-23(19,20)12-6-5-10-3-1-2-4-11(10)7-12/h1-7,13-18H,8-9H2/t13-,14-,15-,16+/m1/s1. The van der Waals surface area contributed by atoms with Gasteiger partial charge in [0, 0.05) is 0 Å². The summed E-state index contributed by atoms with van der Waals surface area (Å²) in [5.74, 6) is 0. The van der Waals surface area contributed by atoms with Crippen molar-refractivity contribution in [3.63, 3.8) is 0 Å². The highest BCUT2D eigenvalue weighted by molar-refractivity contribution is 7.89. The van der Waals surface area contributed by atoms with Gasteiger partial charge >= 0.3 is 0 Å². The van der Waals surface area contributed by atoms with Crippen LogP contribution in [0.25, 0.3) is 10.8 Å². The highest BCUT2D eigenvalue weighted by atomic mass is 32.2. The molecule has 23 heavy (non-hydrogen) atoms. The molecule has 7 heteroatoms. The van der Waals surface area contributed by atoms with E-state index in [1.54, 1.807) is 18.2 Å². The van der Waals surface area contributed by atoms with Crippen LogP contribution in [0, 0.1) is 0 Å². The molecule has 0 unspecified atom stereocenters. The summed E-state index contributed by atoms with van der Waals surface area (Å²) < 4.78 is 38.8. The molecule has 2 heterocycles. The third-order valence-electron chi connectivity index (χ3n) is 4.37. The lowest BCUT2D eigenvalue weighted by Crippen LogP contribution is -2.44. The van der Waals surface area contributed by atoms with E-state index in [4.69, 9.17) is 9.47 Å². The third-order valence-corrected chi connectivity index (χ3v) is 5.85. The first-order valence-electron chi connectivity index (χ1n) is 7.47. The Hall–Kier alpha value is -1.51. The number of fused-ring (bicyclic) bond motifs is 2. The fraction of sp³-hybridized carbons (Fsp3) is 0.375. The number of aliphatic hydroxyl groups excluding tert-OH is 1. The van der Waals surface area contributed by atoms with E-state index < -0.39 is 34.4 Å². The molecule has 122 valence electrons. The summed E-state index contributed by atoms with van der Waals surface area (Å²) in [7, 11) is -3.68. The van der Waals surface area contributed by atoms with Gasteiger partial charge in [0.25, 0.3) is 0 Å². The fourth-order valence-corrected chi connectivity index (χ4v) is 4.45. The van der Waals surface area contributed by atoms with Crippen LogP contribution in [0.1, 0.15) is 0 Å². The van der Waals surface area contributed by atoms with Gasteiger partial charge in [0.1, 0.15) is 18.3 Å². The molecule has 0 saturated carbocycles. The zero-order valence-electron chi connectivity index (χ0n) is 12.3. The van der Waals surface area contributed by atoms with Crippen molar-refractivity contribution in [3.8, 4) is 0 Å². The van der Waals surface area contributed by atoms with Crippen LogP contribution in [0.4, 0.5) is 0 Å². The molecule has 2 aliphatic heterocycles. The van der Waals surface area contributed by atoms with E-state index in [0.29, 0.717) is 0 Å². The van der Waals surface area contributed by atoms with Crippen LogP contribution >= 0.6 is 0 Å². The minimum Gasteiger partial charge on any atom is -0.388 e. The number of rotatable bonds is 3. The number of hydrogen-bond donors (Lipinski definition) is 2. The molecule has 4 rings (SSSR count). The van der Waals surface area contributed by atoms with Crippen LogP contribution in [-0.4, -0.2) is 51.1 Å². The number of benzene rings is 2. The average molecular weight is 335 g/mol. The monoisotopic (exact) mass is 335 g/mol. The maximum Gasteiger partial charge on any atom is 0.241 e. The molecule has 2 aromatic carbocycles. The lowest BCUT2D eigenvalue weighted by atomic mass is 10.1. The second-order valence-corrected chi connectivity index (χ2v) is 7.61. The van der Waals surface area contributed by atoms with E-state index >= 15 is 0 Å². The van der Waals surface area contributed by atoms with Gasteiger partial charge in [-0.25, -0.2) is 13.1 Å².